The normalized spacial score (nSPS) is 10.9. The average molecular weight is 292 g/mol. The summed E-state index contributed by atoms with van der Waals surface area (Å²) in [6.45, 7) is 6.23. The number of carbonyl (C=O) groups excluding carboxylic acids is 3. The lowest BCUT2D eigenvalue weighted by atomic mass is 9.98. The van der Waals surface area contributed by atoms with Gasteiger partial charge in [-0.2, -0.15) is 0 Å². The van der Waals surface area contributed by atoms with Gasteiger partial charge in [0.1, 0.15) is 5.78 Å². The van der Waals surface area contributed by atoms with Crippen LogP contribution in [0.15, 0.2) is 24.3 Å². The Balaban J connectivity index is 2.49. The SMILES string of the molecule is CC(=O)Cc1ccc(C(=O)OCOC(=O)C(C)(C)C)cc1. The van der Waals surface area contributed by atoms with Crippen molar-refractivity contribution in [3.63, 3.8) is 0 Å². The Morgan fingerprint density at radius 2 is 1.57 bits per heavy atom. The molecule has 5 nitrogen and oxygen atoms in total. The fourth-order valence-corrected chi connectivity index (χ4v) is 1.48. The van der Waals surface area contributed by atoms with Crippen molar-refractivity contribution in [1.29, 1.82) is 0 Å². The van der Waals surface area contributed by atoms with Crippen LogP contribution in [0, 0.1) is 5.41 Å². The molecule has 0 unspecified atom stereocenters. The van der Waals surface area contributed by atoms with Crippen molar-refractivity contribution in [2.24, 2.45) is 5.41 Å². The molecule has 1 aromatic rings. The van der Waals surface area contributed by atoms with Crippen LogP contribution in [0.2, 0.25) is 0 Å². The number of Topliss-reactive ketones (excluding diaryl/α,β-unsaturated/α-hetero) is 1. The summed E-state index contributed by atoms with van der Waals surface area (Å²) in [6.07, 6.45) is 0.332. The molecule has 0 heterocycles. The number of benzene rings is 1. The van der Waals surface area contributed by atoms with Gasteiger partial charge < -0.3 is 9.47 Å². The second kappa shape index (κ2) is 7.02. The lowest BCUT2D eigenvalue weighted by molar-refractivity contribution is -0.161. The van der Waals surface area contributed by atoms with E-state index in [9.17, 15) is 14.4 Å². The molecule has 0 aromatic heterocycles. The van der Waals surface area contributed by atoms with Crippen molar-refractivity contribution in [3.05, 3.63) is 35.4 Å². The topological polar surface area (TPSA) is 69.7 Å². The van der Waals surface area contributed by atoms with Crippen LogP contribution in [-0.4, -0.2) is 24.5 Å². The van der Waals surface area contributed by atoms with E-state index < -0.39 is 24.1 Å². The second-order valence-corrected chi connectivity index (χ2v) is 5.81. The monoisotopic (exact) mass is 292 g/mol. The maximum Gasteiger partial charge on any atom is 0.340 e. The summed E-state index contributed by atoms with van der Waals surface area (Å²) in [7, 11) is 0. The Kier molecular flexibility index (Phi) is 5.64. The van der Waals surface area contributed by atoms with Crippen molar-refractivity contribution in [1.82, 2.24) is 0 Å². The molecule has 21 heavy (non-hydrogen) atoms. The fraction of sp³-hybridized carbons (Fsp3) is 0.438. The molecule has 0 saturated heterocycles. The van der Waals surface area contributed by atoms with Crippen LogP contribution in [0.25, 0.3) is 0 Å². The molecule has 0 aliphatic heterocycles. The van der Waals surface area contributed by atoms with Gasteiger partial charge in [0.15, 0.2) is 0 Å². The van der Waals surface area contributed by atoms with E-state index in [1.54, 1.807) is 45.0 Å². The summed E-state index contributed by atoms with van der Waals surface area (Å²) >= 11 is 0. The van der Waals surface area contributed by atoms with Crippen molar-refractivity contribution in [3.8, 4) is 0 Å². The van der Waals surface area contributed by atoms with E-state index in [2.05, 4.69) is 0 Å². The quantitative estimate of drug-likeness (QED) is 0.616. The Morgan fingerprint density at radius 1 is 1.00 bits per heavy atom. The van der Waals surface area contributed by atoms with Gasteiger partial charge in [0.05, 0.1) is 11.0 Å². The van der Waals surface area contributed by atoms with Gasteiger partial charge in [-0.3, -0.25) is 9.59 Å². The third-order valence-electron chi connectivity index (χ3n) is 2.64. The third-order valence-corrected chi connectivity index (χ3v) is 2.64. The van der Waals surface area contributed by atoms with Crippen molar-refractivity contribution < 1.29 is 23.9 Å². The van der Waals surface area contributed by atoms with E-state index in [1.165, 1.54) is 6.92 Å². The third kappa shape index (κ3) is 5.77. The molecule has 1 rings (SSSR count). The summed E-state index contributed by atoms with van der Waals surface area (Å²) in [5.74, 6) is -0.961. The van der Waals surface area contributed by atoms with Gasteiger partial charge in [-0.1, -0.05) is 12.1 Å². The Morgan fingerprint density at radius 3 is 2.05 bits per heavy atom. The van der Waals surface area contributed by atoms with E-state index in [0.29, 0.717) is 12.0 Å². The predicted octanol–water partition coefficient (Wildman–Crippen LogP) is 2.52. The minimum absolute atomic E-state index is 0.0550. The van der Waals surface area contributed by atoms with Gasteiger partial charge in [-0.25, -0.2) is 4.79 Å². The molecule has 0 amide bonds. The van der Waals surface area contributed by atoms with Crippen LogP contribution in [-0.2, 0) is 25.5 Å². The Bertz CT molecular complexity index is 523. The highest BCUT2D eigenvalue weighted by atomic mass is 16.7. The number of rotatable bonds is 5. The molecular weight excluding hydrogens is 272 g/mol. The number of carbonyl (C=O) groups is 3. The van der Waals surface area contributed by atoms with Gasteiger partial charge in [0.2, 0.25) is 6.79 Å². The first kappa shape index (κ1) is 16.9. The zero-order valence-electron chi connectivity index (χ0n) is 12.8. The van der Waals surface area contributed by atoms with Gasteiger partial charge in [-0.15, -0.1) is 0 Å². The number of ether oxygens (including phenoxy) is 2. The number of hydrogen-bond donors (Lipinski definition) is 0. The average Bonchev–Trinajstić information content (AvgIpc) is 2.37. The van der Waals surface area contributed by atoms with E-state index in [1.807, 2.05) is 0 Å². The first-order valence-corrected chi connectivity index (χ1v) is 6.63. The summed E-state index contributed by atoms with van der Waals surface area (Å²) in [5.41, 5.74) is 0.535. The summed E-state index contributed by atoms with van der Waals surface area (Å²) < 4.78 is 9.71. The predicted molar refractivity (Wildman–Crippen MR) is 76.7 cm³/mol. The van der Waals surface area contributed by atoms with E-state index in [0.717, 1.165) is 5.56 Å². The highest BCUT2D eigenvalue weighted by molar-refractivity contribution is 5.89. The van der Waals surface area contributed by atoms with Crippen LogP contribution >= 0.6 is 0 Å². The maximum atomic E-state index is 11.7. The van der Waals surface area contributed by atoms with E-state index >= 15 is 0 Å². The van der Waals surface area contributed by atoms with E-state index in [-0.39, 0.29) is 5.78 Å². The Labute approximate surface area is 124 Å². The second-order valence-electron chi connectivity index (χ2n) is 5.81. The van der Waals surface area contributed by atoms with Crippen LogP contribution in [0.3, 0.4) is 0 Å². The lowest BCUT2D eigenvalue weighted by Gasteiger charge is -2.16. The molecular formula is C16H20O5. The molecule has 0 spiro atoms. The van der Waals surface area contributed by atoms with Crippen molar-refractivity contribution in [2.75, 3.05) is 6.79 Å². The molecule has 1 aromatic carbocycles. The molecule has 0 fully saturated rings. The van der Waals surface area contributed by atoms with Gasteiger partial charge in [-0.05, 0) is 45.4 Å². The summed E-state index contributed by atoms with van der Waals surface area (Å²) in [6, 6.07) is 6.54. The fourth-order valence-electron chi connectivity index (χ4n) is 1.48. The van der Waals surface area contributed by atoms with Crippen molar-refractivity contribution in [2.45, 2.75) is 34.1 Å². The van der Waals surface area contributed by atoms with Crippen LogP contribution in [0.5, 0.6) is 0 Å². The van der Waals surface area contributed by atoms with Crippen LogP contribution < -0.4 is 0 Å². The largest absolute Gasteiger partial charge is 0.427 e. The van der Waals surface area contributed by atoms with E-state index in [4.69, 9.17) is 9.47 Å². The first-order chi connectivity index (χ1) is 9.70. The molecule has 0 bridgehead atoms. The molecule has 5 heteroatoms. The van der Waals surface area contributed by atoms with Crippen LogP contribution in [0.1, 0.15) is 43.6 Å². The molecule has 0 radical (unpaired) electrons. The van der Waals surface area contributed by atoms with Crippen molar-refractivity contribution >= 4 is 17.7 Å². The maximum absolute atomic E-state index is 11.7. The number of hydrogen-bond acceptors (Lipinski definition) is 5. The highest BCUT2D eigenvalue weighted by Crippen LogP contribution is 2.15. The van der Waals surface area contributed by atoms with Gasteiger partial charge in [0, 0.05) is 6.42 Å². The summed E-state index contributed by atoms with van der Waals surface area (Å²) in [4.78, 5) is 34.2. The molecule has 0 saturated carbocycles. The minimum atomic E-state index is -0.638. The Hall–Kier alpha value is -2.17. The molecule has 0 aliphatic rings. The summed E-state index contributed by atoms with van der Waals surface area (Å²) in [5, 5.41) is 0. The number of esters is 2. The van der Waals surface area contributed by atoms with Crippen LogP contribution in [0.4, 0.5) is 0 Å². The standard InChI is InChI=1S/C16H20O5/c1-11(17)9-12-5-7-13(8-6-12)14(18)20-10-21-15(19)16(2,3)4/h5-8H,9-10H2,1-4H3. The minimum Gasteiger partial charge on any atom is -0.427 e. The molecule has 0 atom stereocenters. The lowest BCUT2D eigenvalue weighted by Crippen LogP contribution is -2.24. The van der Waals surface area contributed by atoms with Gasteiger partial charge >= 0.3 is 11.9 Å². The highest BCUT2D eigenvalue weighted by Gasteiger charge is 2.23. The molecule has 0 N–H and O–H groups in total. The smallest absolute Gasteiger partial charge is 0.340 e. The molecule has 0 aliphatic carbocycles. The zero-order chi connectivity index (χ0) is 16.0. The first-order valence-electron chi connectivity index (χ1n) is 6.63. The zero-order valence-corrected chi connectivity index (χ0v) is 12.8. The molecule has 114 valence electrons. The number of ketones is 1. The van der Waals surface area contributed by atoms with Gasteiger partial charge in [0.25, 0.3) is 0 Å².